The predicted molar refractivity (Wildman–Crippen MR) is 71.9 cm³/mol. The molecule has 0 radical (unpaired) electrons. The summed E-state index contributed by atoms with van der Waals surface area (Å²) in [6, 6.07) is 0.0943. The summed E-state index contributed by atoms with van der Waals surface area (Å²) >= 11 is 0. The summed E-state index contributed by atoms with van der Waals surface area (Å²) in [5.74, 6) is 0.994. The molecule has 1 heterocycles. The summed E-state index contributed by atoms with van der Waals surface area (Å²) in [4.78, 5) is 10.7. The van der Waals surface area contributed by atoms with Gasteiger partial charge in [-0.25, -0.2) is 4.68 Å². The number of anilines is 1. The molecule has 6 heteroatoms. The second-order valence-corrected chi connectivity index (χ2v) is 4.97. The largest absolute Gasteiger partial charge is 0.364 e. The first-order chi connectivity index (χ1) is 8.38. The van der Waals surface area contributed by atoms with Crippen molar-refractivity contribution in [2.45, 2.75) is 47.1 Å². The van der Waals surface area contributed by atoms with Gasteiger partial charge in [-0.05, 0) is 26.7 Å². The molecule has 1 N–H and O–H groups in total. The van der Waals surface area contributed by atoms with E-state index >= 15 is 0 Å². The van der Waals surface area contributed by atoms with Gasteiger partial charge in [0.2, 0.25) is 5.82 Å². The molecular formula is C12H22N4O2. The lowest BCUT2D eigenvalue weighted by atomic mass is 10.1. The summed E-state index contributed by atoms with van der Waals surface area (Å²) in [5.41, 5.74) is 0.548. The predicted octanol–water partition coefficient (Wildman–Crippen LogP) is 3.14. The van der Waals surface area contributed by atoms with Gasteiger partial charge in [0.1, 0.15) is 5.69 Å². The van der Waals surface area contributed by atoms with Crippen LogP contribution in [0.15, 0.2) is 0 Å². The van der Waals surface area contributed by atoms with E-state index in [9.17, 15) is 10.1 Å². The molecule has 0 amide bonds. The van der Waals surface area contributed by atoms with Crippen LogP contribution in [-0.2, 0) is 0 Å². The third-order valence-corrected chi connectivity index (χ3v) is 3.04. The van der Waals surface area contributed by atoms with E-state index in [0.29, 0.717) is 17.4 Å². The lowest BCUT2D eigenvalue weighted by Gasteiger charge is -2.14. The molecule has 0 fully saturated rings. The van der Waals surface area contributed by atoms with E-state index in [1.54, 1.807) is 11.6 Å². The lowest BCUT2D eigenvalue weighted by Crippen LogP contribution is -2.16. The molecule has 0 saturated carbocycles. The highest BCUT2D eigenvalue weighted by Gasteiger charge is 2.26. The van der Waals surface area contributed by atoms with Crippen LogP contribution in [0.3, 0.4) is 0 Å². The molecule has 102 valence electrons. The number of aryl methyl sites for hydroxylation is 1. The quantitative estimate of drug-likeness (QED) is 0.625. The molecule has 1 unspecified atom stereocenters. The third kappa shape index (κ3) is 3.00. The smallest absolute Gasteiger partial charge is 0.333 e. The normalized spacial score (nSPS) is 12.8. The average molecular weight is 254 g/mol. The maximum absolute atomic E-state index is 11.1. The molecule has 1 aromatic heterocycles. The summed E-state index contributed by atoms with van der Waals surface area (Å²) in [5, 5.41) is 18.5. The van der Waals surface area contributed by atoms with Crippen molar-refractivity contribution in [3.8, 4) is 0 Å². The van der Waals surface area contributed by atoms with E-state index in [1.165, 1.54) is 0 Å². The zero-order valence-corrected chi connectivity index (χ0v) is 11.7. The Morgan fingerprint density at radius 1 is 1.44 bits per heavy atom. The minimum Gasteiger partial charge on any atom is -0.364 e. The molecule has 0 saturated heterocycles. The zero-order valence-electron chi connectivity index (χ0n) is 11.7. The van der Waals surface area contributed by atoms with Gasteiger partial charge in [-0.3, -0.25) is 10.1 Å². The fourth-order valence-corrected chi connectivity index (χ4v) is 1.71. The second-order valence-electron chi connectivity index (χ2n) is 4.97. The first-order valence-corrected chi connectivity index (χ1v) is 6.35. The number of hydrogen-bond acceptors (Lipinski definition) is 4. The lowest BCUT2D eigenvalue weighted by molar-refractivity contribution is -0.384. The fraction of sp³-hybridized carbons (Fsp3) is 0.750. The molecule has 0 spiro atoms. The van der Waals surface area contributed by atoms with Gasteiger partial charge in [0.15, 0.2) is 0 Å². The molecule has 1 atom stereocenters. The third-order valence-electron chi connectivity index (χ3n) is 3.04. The van der Waals surface area contributed by atoms with Gasteiger partial charge in [-0.1, -0.05) is 20.3 Å². The highest BCUT2D eigenvalue weighted by molar-refractivity contribution is 5.59. The van der Waals surface area contributed by atoms with Gasteiger partial charge in [0.25, 0.3) is 0 Å². The van der Waals surface area contributed by atoms with E-state index in [1.807, 2.05) is 13.8 Å². The van der Waals surface area contributed by atoms with Crippen molar-refractivity contribution >= 4 is 11.5 Å². The van der Waals surface area contributed by atoms with Crippen LogP contribution >= 0.6 is 0 Å². The number of hydrogen-bond donors (Lipinski definition) is 1. The van der Waals surface area contributed by atoms with Crippen LogP contribution in [0.25, 0.3) is 0 Å². The van der Waals surface area contributed by atoms with Crippen LogP contribution in [-0.4, -0.2) is 21.2 Å². The van der Waals surface area contributed by atoms with E-state index in [-0.39, 0.29) is 16.7 Å². The van der Waals surface area contributed by atoms with Crippen molar-refractivity contribution in [2.75, 3.05) is 11.9 Å². The zero-order chi connectivity index (χ0) is 13.9. The Labute approximate surface area is 108 Å². The van der Waals surface area contributed by atoms with Gasteiger partial charge in [-0.2, -0.15) is 5.10 Å². The number of rotatable bonds is 6. The highest BCUT2D eigenvalue weighted by Crippen LogP contribution is 2.30. The van der Waals surface area contributed by atoms with Crippen molar-refractivity contribution in [3.05, 3.63) is 15.8 Å². The van der Waals surface area contributed by atoms with Crippen molar-refractivity contribution in [1.82, 2.24) is 9.78 Å². The molecule has 0 aromatic carbocycles. The molecule has 0 bridgehead atoms. The Morgan fingerprint density at radius 3 is 2.50 bits per heavy atom. The van der Waals surface area contributed by atoms with Crippen LogP contribution in [0.4, 0.5) is 11.5 Å². The topological polar surface area (TPSA) is 73.0 Å². The maximum atomic E-state index is 11.1. The number of nitrogens with one attached hydrogen (secondary N) is 1. The van der Waals surface area contributed by atoms with E-state index in [0.717, 1.165) is 13.0 Å². The van der Waals surface area contributed by atoms with Crippen molar-refractivity contribution in [2.24, 2.45) is 5.92 Å². The Kier molecular flexibility index (Phi) is 4.69. The summed E-state index contributed by atoms with van der Waals surface area (Å²) in [7, 11) is 0. The standard InChI is InChI=1S/C12H22N4O2/c1-6-9(4)7-13-12-11(16(17)18)10(5)14-15(12)8(2)3/h8-9,13H,6-7H2,1-5H3. The second kappa shape index (κ2) is 5.84. The molecule has 0 aliphatic heterocycles. The van der Waals surface area contributed by atoms with E-state index in [4.69, 9.17) is 0 Å². The Morgan fingerprint density at radius 2 is 2.06 bits per heavy atom. The molecular weight excluding hydrogens is 232 g/mol. The fourth-order valence-electron chi connectivity index (χ4n) is 1.71. The highest BCUT2D eigenvalue weighted by atomic mass is 16.6. The van der Waals surface area contributed by atoms with Crippen LogP contribution in [0, 0.1) is 23.0 Å². The number of nitrogens with zero attached hydrogens (tertiary/aromatic N) is 3. The number of nitro groups is 1. The van der Waals surface area contributed by atoms with Crippen LogP contribution in [0.2, 0.25) is 0 Å². The molecule has 6 nitrogen and oxygen atoms in total. The van der Waals surface area contributed by atoms with E-state index in [2.05, 4.69) is 24.3 Å². The Bertz CT molecular complexity index is 426. The molecule has 0 aliphatic rings. The van der Waals surface area contributed by atoms with Gasteiger partial charge in [-0.15, -0.1) is 0 Å². The molecule has 0 aliphatic carbocycles. The first-order valence-electron chi connectivity index (χ1n) is 6.35. The SMILES string of the molecule is CCC(C)CNc1c([N+](=O)[O-])c(C)nn1C(C)C. The first kappa shape index (κ1) is 14.5. The van der Waals surface area contributed by atoms with Crippen LogP contribution < -0.4 is 5.32 Å². The van der Waals surface area contributed by atoms with Gasteiger partial charge >= 0.3 is 5.69 Å². The maximum Gasteiger partial charge on any atom is 0.333 e. The minimum absolute atomic E-state index is 0.0898. The molecule has 1 aromatic rings. The summed E-state index contributed by atoms with van der Waals surface area (Å²) in [6.07, 6.45) is 1.04. The van der Waals surface area contributed by atoms with Crippen LogP contribution in [0.5, 0.6) is 0 Å². The van der Waals surface area contributed by atoms with Crippen molar-refractivity contribution < 1.29 is 4.92 Å². The van der Waals surface area contributed by atoms with Crippen molar-refractivity contribution in [3.63, 3.8) is 0 Å². The monoisotopic (exact) mass is 254 g/mol. The van der Waals surface area contributed by atoms with E-state index < -0.39 is 0 Å². The van der Waals surface area contributed by atoms with Crippen LogP contribution in [0.1, 0.15) is 45.9 Å². The molecule has 1 rings (SSSR count). The van der Waals surface area contributed by atoms with Gasteiger partial charge in [0.05, 0.1) is 4.92 Å². The number of aromatic nitrogens is 2. The van der Waals surface area contributed by atoms with Gasteiger partial charge < -0.3 is 5.32 Å². The molecule has 18 heavy (non-hydrogen) atoms. The van der Waals surface area contributed by atoms with Gasteiger partial charge in [0, 0.05) is 12.6 Å². The minimum atomic E-state index is -0.361. The van der Waals surface area contributed by atoms with Crippen molar-refractivity contribution in [1.29, 1.82) is 0 Å². The Hall–Kier alpha value is -1.59. The summed E-state index contributed by atoms with van der Waals surface area (Å²) < 4.78 is 1.69. The summed E-state index contributed by atoms with van der Waals surface area (Å²) in [6.45, 7) is 10.5. The average Bonchev–Trinajstić information content (AvgIpc) is 2.63. The Balaban J connectivity index is 3.08.